The van der Waals surface area contributed by atoms with E-state index in [4.69, 9.17) is 23.2 Å². The molecule has 6 heteroatoms. The monoisotopic (exact) mass is 297 g/mol. The topological polar surface area (TPSA) is 29.0 Å². The first-order valence-electron chi connectivity index (χ1n) is 5.82. The minimum atomic E-state index is -0.266. The molecule has 1 aliphatic heterocycles. The van der Waals surface area contributed by atoms with Gasteiger partial charge in [-0.2, -0.15) is 0 Å². The average Bonchev–Trinajstić information content (AvgIpc) is 2.81. The Morgan fingerprint density at radius 3 is 2.95 bits per heavy atom. The minimum Gasteiger partial charge on any atom is -0.325 e. The second-order valence-corrected chi connectivity index (χ2v) is 4.90. The normalized spacial score (nSPS) is 13.7. The van der Waals surface area contributed by atoms with Gasteiger partial charge in [0, 0.05) is 17.8 Å². The van der Waals surface area contributed by atoms with Gasteiger partial charge in [-0.25, -0.2) is 14.4 Å². The van der Waals surface area contributed by atoms with E-state index < -0.39 is 0 Å². The lowest BCUT2D eigenvalue weighted by molar-refractivity contribution is 0.628. The third kappa shape index (κ3) is 2.15. The molecule has 0 bridgehead atoms. The average molecular weight is 298 g/mol. The molecule has 1 aromatic heterocycles. The van der Waals surface area contributed by atoms with Gasteiger partial charge >= 0.3 is 0 Å². The van der Waals surface area contributed by atoms with Crippen molar-refractivity contribution in [2.75, 3.05) is 11.4 Å². The van der Waals surface area contributed by atoms with Crippen LogP contribution in [0.15, 0.2) is 24.5 Å². The minimum absolute atomic E-state index is 0.218. The number of hydrogen-bond donors (Lipinski definition) is 0. The first-order valence-corrected chi connectivity index (χ1v) is 6.73. The van der Waals surface area contributed by atoms with Gasteiger partial charge in [-0.05, 0) is 24.1 Å². The highest BCUT2D eigenvalue weighted by molar-refractivity contribution is 6.31. The Bertz CT molecular complexity index is 633. The van der Waals surface area contributed by atoms with Crippen LogP contribution < -0.4 is 4.90 Å². The number of nitrogens with zero attached hydrogens (tertiary/aromatic N) is 3. The predicted octanol–water partition coefficient (Wildman–Crippen LogP) is 3.70. The number of fused-ring (bicyclic) bond motifs is 1. The van der Waals surface area contributed by atoms with Crippen LogP contribution in [0.25, 0.3) is 0 Å². The van der Waals surface area contributed by atoms with E-state index in [9.17, 15) is 4.39 Å². The molecule has 19 heavy (non-hydrogen) atoms. The predicted molar refractivity (Wildman–Crippen MR) is 73.7 cm³/mol. The van der Waals surface area contributed by atoms with Crippen LogP contribution in [-0.4, -0.2) is 16.5 Å². The maximum absolute atomic E-state index is 13.4. The molecule has 0 unspecified atom stereocenters. The molecule has 0 atom stereocenters. The Morgan fingerprint density at radius 2 is 2.16 bits per heavy atom. The zero-order valence-electron chi connectivity index (χ0n) is 9.91. The van der Waals surface area contributed by atoms with E-state index in [1.165, 1.54) is 18.5 Å². The molecule has 1 aromatic carbocycles. The molecule has 2 heterocycles. The van der Waals surface area contributed by atoms with Crippen LogP contribution >= 0.6 is 23.2 Å². The molecule has 0 saturated heterocycles. The summed E-state index contributed by atoms with van der Waals surface area (Å²) < 4.78 is 13.4. The van der Waals surface area contributed by atoms with E-state index in [-0.39, 0.29) is 11.7 Å². The van der Waals surface area contributed by atoms with Crippen molar-refractivity contribution in [2.24, 2.45) is 0 Å². The highest BCUT2D eigenvalue weighted by Gasteiger charge is 2.25. The number of anilines is 2. The maximum Gasteiger partial charge on any atom is 0.142 e. The maximum atomic E-state index is 13.4. The molecule has 0 N–H and O–H groups in total. The fraction of sp³-hybridized carbons (Fsp3) is 0.231. The molecular weight excluding hydrogens is 288 g/mol. The number of hydrogen-bond acceptors (Lipinski definition) is 3. The lowest BCUT2D eigenvalue weighted by atomic mass is 10.1. The van der Waals surface area contributed by atoms with Crippen molar-refractivity contribution in [3.63, 3.8) is 0 Å². The summed E-state index contributed by atoms with van der Waals surface area (Å²) in [5, 5.41) is 0.338. The van der Waals surface area contributed by atoms with E-state index in [2.05, 4.69) is 9.97 Å². The number of benzene rings is 1. The quantitative estimate of drug-likeness (QED) is 0.625. The SMILES string of the molecule is Fc1ccc2c(c1)N(c1ncnc(Cl)c1CCl)CC2. The van der Waals surface area contributed by atoms with Gasteiger partial charge in [0.15, 0.2) is 0 Å². The van der Waals surface area contributed by atoms with Crippen molar-refractivity contribution >= 4 is 34.7 Å². The van der Waals surface area contributed by atoms with Crippen LogP contribution in [0.5, 0.6) is 0 Å². The highest BCUT2D eigenvalue weighted by atomic mass is 35.5. The van der Waals surface area contributed by atoms with Crippen molar-refractivity contribution in [3.05, 3.63) is 46.6 Å². The number of rotatable bonds is 2. The smallest absolute Gasteiger partial charge is 0.142 e. The van der Waals surface area contributed by atoms with E-state index in [0.717, 1.165) is 24.2 Å². The van der Waals surface area contributed by atoms with E-state index >= 15 is 0 Å². The second kappa shape index (κ2) is 4.94. The second-order valence-electron chi connectivity index (χ2n) is 4.27. The number of halogens is 3. The molecule has 0 fully saturated rings. The van der Waals surface area contributed by atoms with Crippen molar-refractivity contribution in [2.45, 2.75) is 12.3 Å². The van der Waals surface area contributed by atoms with Crippen molar-refractivity contribution in [1.29, 1.82) is 0 Å². The summed E-state index contributed by atoms with van der Waals surface area (Å²) >= 11 is 11.9. The van der Waals surface area contributed by atoms with Crippen molar-refractivity contribution in [3.8, 4) is 0 Å². The molecule has 0 saturated carbocycles. The Kier molecular flexibility index (Phi) is 3.29. The molecule has 0 spiro atoms. The van der Waals surface area contributed by atoms with E-state index in [1.807, 2.05) is 4.90 Å². The fourth-order valence-corrected chi connectivity index (χ4v) is 2.81. The van der Waals surface area contributed by atoms with Gasteiger partial charge in [0.25, 0.3) is 0 Å². The summed E-state index contributed by atoms with van der Waals surface area (Å²) in [6.07, 6.45) is 2.24. The van der Waals surface area contributed by atoms with Crippen LogP contribution in [0.1, 0.15) is 11.1 Å². The van der Waals surface area contributed by atoms with Crippen molar-refractivity contribution in [1.82, 2.24) is 9.97 Å². The lowest BCUT2D eigenvalue weighted by Gasteiger charge is -2.20. The van der Waals surface area contributed by atoms with Crippen LogP contribution in [0.3, 0.4) is 0 Å². The molecule has 1 aliphatic rings. The van der Waals surface area contributed by atoms with Crippen LogP contribution in [0.4, 0.5) is 15.9 Å². The molecule has 3 nitrogen and oxygen atoms in total. The molecular formula is C13H10Cl2FN3. The molecule has 0 amide bonds. The zero-order chi connectivity index (χ0) is 13.4. The summed E-state index contributed by atoms with van der Waals surface area (Å²) in [7, 11) is 0. The summed E-state index contributed by atoms with van der Waals surface area (Å²) in [4.78, 5) is 10.1. The Morgan fingerprint density at radius 1 is 1.32 bits per heavy atom. The van der Waals surface area contributed by atoms with E-state index in [1.54, 1.807) is 6.07 Å². The van der Waals surface area contributed by atoms with Gasteiger partial charge in [-0.3, -0.25) is 0 Å². The summed E-state index contributed by atoms with van der Waals surface area (Å²) in [5.74, 6) is 0.605. The Balaban J connectivity index is 2.11. The first-order chi connectivity index (χ1) is 9.20. The van der Waals surface area contributed by atoms with E-state index in [0.29, 0.717) is 16.5 Å². The van der Waals surface area contributed by atoms with Gasteiger partial charge in [0.05, 0.1) is 5.88 Å². The molecule has 2 aromatic rings. The van der Waals surface area contributed by atoms with Crippen LogP contribution in [0.2, 0.25) is 5.15 Å². The molecule has 98 valence electrons. The number of alkyl halides is 1. The van der Waals surface area contributed by atoms with Crippen LogP contribution in [0, 0.1) is 5.82 Å². The largest absolute Gasteiger partial charge is 0.325 e. The Labute approximate surface area is 120 Å². The van der Waals surface area contributed by atoms with Crippen molar-refractivity contribution < 1.29 is 4.39 Å². The summed E-state index contributed by atoms with van der Waals surface area (Å²) in [5.41, 5.74) is 2.58. The Hall–Kier alpha value is -1.39. The van der Waals surface area contributed by atoms with Crippen LogP contribution in [-0.2, 0) is 12.3 Å². The zero-order valence-corrected chi connectivity index (χ0v) is 11.4. The van der Waals surface area contributed by atoms with Gasteiger partial charge < -0.3 is 4.90 Å². The highest BCUT2D eigenvalue weighted by Crippen LogP contribution is 2.37. The fourth-order valence-electron chi connectivity index (χ4n) is 2.30. The first kappa shape index (κ1) is 12.6. The third-order valence-corrected chi connectivity index (χ3v) is 3.80. The summed E-state index contributed by atoms with van der Waals surface area (Å²) in [6.45, 7) is 0.732. The van der Waals surface area contributed by atoms with Gasteiger partial charge in [-0.15, -0.1) is 11.6 Å². The molecule has 3 rings (SSSR count). The standard InChI is InChI=1S/C13H10Cl2FN3/c14-6-10-12(15)17-7-18-13(10)19-4-3-8-1-2-9(16)5-11(8)19/h1-2,5,7H,3-4,6H2. The van der Waals surface area contributed by atoms with Gasteiger partial charge in [0.2, 0.25) is 0 Å². The summed E-state index contributed by atoms with van der Waals surface area (Å²) in [6, 6.07) is 4.78. The molecule has 0 radical (unpaired) electrons. The third-order valence-electron chi connectivity index (χ3n) is 3.20. The lowest BCUT2D eigenvalue weighted by Crippen LogP contribution is -2.17. The van der Waals surface area contributed by atoms with Gasteiger partial charge in [0.1, 0.15) is 23.1 Å². The molecule has 0 aliphatic carbocycles. The van der Waals surface area contributed by atoms with Gasteiger partial charge in [-0.1, -0.05) is 17.7 Å². The number of aromatic nitrogens is 2.